The maximum atomic E-state index is 13.1. The second-order valence-electron chi connectivity index (χ2n) is 4.94. The van der Waals surface area contributed by atoms with Crippen LogP contribution in [0.4, 0.5) is 4.39 Å². The van der Waals surface area contributed by atoms with Gasteiger partial charge in [0.2, 0.25) is 0 Å². The van der Waals surface area contributed by atoms with Crippen molar-refractivity contribution in [3.05, 3.63) is 53.6 Å². The summed E-state index contributed by atoms with van der Waals surface area (Å²) < 4.78 is 18.7. The number of aromatic nitrogens is 1. The van der Waals surface area contributed by atoms with Crippen molar-refractivity contribution in [1.82, 2.24) is 15.8 Å². The summed E-state index contributed by atoms with van der Waals surface area (Å²) in [5.74, 6) is 0.0113. The third kappa shape index (κ3) is 3.48. The van der Waals surface area contributed by atoms with Crippen molar-refractivity contribution in [2.75, 3.05) is 6.54 Å². The van der Waals surface area contributed by atoms with Gasteiger partial charge >= 0.3 is 0 Å². The first-order chi connectivity index (χ1) is 10.2. The predicted octanol–water partition coefficient (Wildman–Crippen LogP) is 2.04. The van der Waals surface area contributed by atoms with Gasteiger partial charge in [0, 0.05) is 12.6 Å². The topological polar surface area (TPSA) is 66.4 Å². The molecule has 0 saturated carbocycles. The summed E-state index contributed by atoms with van der Waals surface area (Å²) in [6.07, 6.45) is 2.64. The van der Waals surface area contributed by atoms with Crippen molar-refractivity contribution in [3.8, 4) is 11.5 Å². The molecule has 1 atom stereocenters. The lowest BCUT2D eigenvalue weighted by Gasteiger charge is -2.10. The van der Waals surface area contributed by atoms with Crippen LogP contribution in [0.15, 0.2) is 36.5 Å². The maximum Gasteiger partial charge on any atom is 0.138 e. The highest BCUT2D eigenvalue weighted by Crippen LogP contribution is 2.20. The summed E-state index contributed by atoms with van der Waals surface area (Å²) in [5.41, 5.74) is 7.72. The van der Waals surface area contributed by atoms with E-state index in [1.807, 2.05) is 12.1 Å². The van der Waals surface area contributed by atoms with Crippen molar-refractivity contribution in [3.63, 3.8) is 0 Å². The van der Waals surface area contributed by atoms with Gasteiger partial charge in [0.15, 0.2) is 0 Å². The lowest BCUT2D eigenvalue weighted by Crippen LogP contribution is -2.25. The Balaban J connectivity index is 1.62. The third-order valence-electron chi connectivity index (χ3n) is 3.30. The maximum absolute atomic E-state index is 13.1. The van der Waals surface area contributed by atoms with Crippen LogP contribution < -0.4 is 15.6 Å². The van der Waals surface area contributed by atoms with E-state index >= 15 is 0 Å². The van der Waals surface area contributed by atoms with Crippen LogP contribution in [0.1, 0.15) is 23.7 Å². The van der Waals surface area contributed by atoms with Crippen LogP contribution in [0.5, 0.6) is 11.5 Å². The van der Waals surface area contributed by atoms with E-state index in [-0.39, 0.29) is 18.4 Å². The standard InChI is InChI=1S/C15H16FN3O2/c16-11-5-10(6-12(20)7-11)9-21-13-1-2-14(17-8-13)15-3-4-18-19-15/h1-2,5-8,15,18-20H,3-4,9H2. The van der Waals surface area contributed by atoms with Gasteiger partial charge < -0.3 is 9.84 Å². The van der Waals surface area contributed by atoms with E-state index in [0.29, 0.717) is 11.3 Å². The number of phenols is 1. The normalized spacial score (nSPS) is 17.9. The highest BCUT2D eigenvalue weighted by molar-refractivity contribution is 5.29. The van der Waals surface area contributed by atoms with Gasteiger partial charge in [0.25, 0.3) is 0 Å². The average molecular weight is 289 g/mol. The molecule has 1 saturated heterocycles. The quantitative estimate of drug-likeness (QED) is 0.804. The molecule has 21 heavy (non-hydrogen) atoms. The molecule has 1 aliphatic rings. The smallest absolute Gasteiger partial charge is 0.138 e. The Morgan fingerprint density at radius 1 is 1.33 bits per heavy atom. The lowest BCUT2D eigenvalue weighted by molar-refractivity contribution is 0.303. The van der Waals surface area contributed by atoms with Crippen LogP contribution >= 0.6 is 0 Å². The number of pyridine rings is 1. The number of rotatable bonds is 4. The fourth-order valence-electron chi connectivity index (χ4n) is 2.27. The van der Waals surface area contributed by atoms with E-state index < -0.39 is 5.82 Å². The molecule has 0 spiro atoms. The van der Waals surface area contributed by atoms with Crippen LogP contribution in [-0.4, -0.2) is 16.6 Å². The third-order valence-corrected chi connectivity index (χ3v) is 3.30. The van der Waals surface area contributed by atoms with Gasteiger partial charge in [-0.2, -0.15) is 0 Å². The van der Waals surface area contributed by atoms with E-state index in [1.54, 1.807) is 6.20 Å². The van der Waals surface area contributed by atoms with Crippen LogP contribution in [-0.2, 0) is 6.61 Å². The van der Waals surface area contributed by atoms with Gasteiger partial charge in [0.1, 0.15) is 23.9 Å². The van der Waals surface area contributed by atoms with Crippen LogP contribution in [0.25, 0.3) is 0 Å². The van der Waals surface area contributed by atoms with Gasteiger partial charge in [-0.3, -0.25) is 10.4 Å². The van der Waals surface area contributed by atoms with Crippen LogP contribution in [0, 0.1) is 5.82 Å². The zero-order valence-electron chi connectivity index (χ0n) is 11.3. The minimum atomic E-state index is -0.484. The Labute approximate surface area is 121 Å². The molecule has 2 heterocycles. The molecule has 1 fully saturated rings. The molecule has 1 unspecified atom stereocenters. The van der Waals surface area contributed by atoms with E-state index in [2.05, 4.69) is 15.8 Å². The highest BCUT2D eigenvalue weighted by Gasteiger charge is 2.16. The number of hydrazine groups is 1. The zero-order chi connectivity index (χ0) is 14.7. The number of phenolic OH excluding ortho intramolecular Hbond substituents is 1. The summed E-state index contributed by atoms with van der Waals surface area (Å²) >= 11 is 0. The van der Waals surface area contributed by atoms with Crippen molar-refractivity contribution in [2.45, 2.75) is 19.1 Å². The summed E-state index contributed by atoms with van der Waals surface area (Å²) in [5, 5.41) is 9.33. The number of hydrogen-bond donors (Lipinski definition) is 3. The first-order valence-corrected chi connectivity index (χ1v) is 6.76. The number of benzene rings is 1. The summed E-state index contributed by atoms with van der Waals surface area (Å²) in [7, 11) is 0. The minimum Gasteiger partial charge on any atom is -0.508 e. The fourth-order valence-corrected chi connectivity index (χ4v) is 2.27. The molecule has 110 valence electrons. The Bertz CT molecular complexity index is 593. The van der Waals surface area contributed by atoms with Crippen molar-refractivity contribution in [1.29, 1.82) is 0 Å². The van der Waals surface area contributed by atoms with Crippen LogP contribution in [0.3, 0.4) is 0 Å². The molecule has 1 aromatic heterocycles. The monoisotopic (exact) mass is 289 g/mol. The molecular formula is C15H16FN3O2. The second kappa shape index (κ2) is 6.07. The molecule has 0 bridgehead atoms. The second-order valence-corrected chi connectivity index (χ2v) is 4.94. The van der Waals surface area contributed by atoms with E-state index in [1.165, 1.54) is 12.1 Å². The first-order valence-electron chi connectivity index (χ1n) is 6.76. The zero-order valence-corrected chi connectivity index (χ0v) is 11.3. The molecule has 0 amide bonds. The molecule has 1 aliphatic heterocycles. The number of ether oxygens (including phenoxy) is 1. The predicted molar refractivity (Wildman–Crippen MR) is 75.1 cm³/mol. The number of nitrogens with one attached hydrogen (secondary N) is 2. The Morgan fingerprint density at radius 3 is 2.90 bits per heavy atom. The SMILES string of the molecule is Oc1cc(F)cc(COc2ccc(C3CCNN3)nc2)c1. The molecule has 0 radical (unpaired) electrons. The largest absolute Gasteiger partial charge is 0.508 e. The first kappa shape index (κ1) is 13.8. The Kier molecular flexibility index (Phi) is 3.98. The van der Waals surface area contributed by atoms with Gasteiger partial charge in [0.05, 0.1) is 17.9 Å². The van der Waals surface area contributed by atoms with Gasteiger partial charge in [-0.05, 0) is 36.2 Å². The molecular weight excluding hydrogens is 273 g/mol. The summed E-state index contributed by atoms with van der Waals surface area (Å²) in [4.78, 5) is 4.36. The molecule has 0 aliphatic carbocycles. The van der Waals surface area contributed by atoms with E-state index in [9.17, 15) is 9.50 Å². The van der Waals surface area contributed by atoms with Gasteiger partial charge in [-0.15, -0.1) is 0 Å². The van der Waals surface area contributed by atoms with E-state index in [4.69, 9.17) is 4.74 Å². The lowest BCUT2D eigenvalue weighted by atomic mass is 10.1. The van der Waals surface area contributed by atoms with Crippen molar-refractivity contribution >= 4 is 0 Å². The van der Waals surface area contributed by atoms with E-state index in [0.717, 1.165) is 24.7 Å². The summed E-state index contributed by atoms with van der Waals surface area (Å²) in [6, 6.07) is 7.82. The van der Waals surface area contributed by atoms with Gasteiger partial charge in [-0.25, -0.2) is 9.82 Å². The number of aromatic hydroxyl groups is 1. The number of halogens is 1. The Morgan fingerprint density at radius 2 is 2.24 bits per heavy atom. The minimum absolute atomic E-state index is 0.109. The van der Waals surface area contributed by atoms with Crippen LogP contribution in [0.2, 0.25) is 0 Å². The Hall–Kier alpha value is -2.18. The molecule has 1 aromatic carbocycles. The summed E-state index contributed by atoms with van der Waals surface area (Å²) in [6.45, 7) is 1.10. The number of hydrogen-bond acceptors (Lipinski definition) is 5. The molecule has 5 nitrogen and oxygen atoms in total. The molecule has 3 N–H and O–H groups in total. The van der Waals surface area contributed by atoms with Crippen molar-refractivity contribution < 1.29 is 14.2 Å². The molecule has 2 aromatic rings. The number of nitrogens with zero attached hydrogens (tertiary/aromatic N) is 1. The highest BCUT2D eigenvalue weighted by atomic mass is 19.1. The van der Waals surface area contributed by atoms with Gasteiger partial charge in [-0.1, -0.05) is 0 Å². The average Bonchev–Trinajstić information content (AvgIpc) is 2.99. The molecule has 3 rings (SSSR count). The molecule has 6 heteroatoms. The fraction of sp³-hybridized carbons (Fsp3) is 0.267. The van der Waals surface area contributed by atoms with Crippen molar-refractivity contribution in [2.24, 2.45) is 0 Å².